The molecule has 100 valence electrons. The van der Waals surface area contributed by atoms with Crippen LogP contribution in [0.4, 0.5) is 0 Å². The van der Waals surface area contributed by atoms with Crippen molar-refractivity contribution in [2.24, 2.45) is 12.8 Å². The van der Waals surface area contributed by atoms with Crippen molar-refractivity contribution in [3.63, 3.8) is 0 Å². The predicted octanol–water partition coefficient (Wildman–Crippen LogP) is 0.925. The zero-order valence-electron chi connectivity index (χ0n) is 11.4. The van der Waals surface area contributed by atoms with E-state index in [0.29, 0.717) is 6.54 Å². The first kappa shape index (κ1) is 13.1. The van der Waals surface area contributed by atoms with Gasteiger partial charge in [-0.15, -0.1) is 0 Å². The number of hydrogen-bond donors (Lipinski definition) is 2. The van der Waals surface area contributed by atoms with Gasteiger partial charge in [0.25, 0.3) is 0 Å². The molecule has 1 heterocycles. The monoisotopic (exact) mass is 250 g/mol. The minimum atomic E-state index is -0.649. The van der Waals surface area contributed by atoms with Gasteiger partial charge in [-0.05, 0) is 26.7 Å². The maximum Gasteiger partial charge on any atom is 0.240 e. The molecule has 0 atom stereocenters. The largest absolute Gasteiger partial charge is 0.350 e. The number of nitrogens with one attached hydrogen (secondary N) is 1. The molecule has 5 nitrogen and oxygen atoms in total. The second kappa shape index (κ2) is 4.72. The summed E-state index contributed by atoms with van der Waals surface area (Å²) in [5.74, 6) is -0.0253. The fourth-order valence-electron chi connectivity index (χ4n) is 2.65. The lowest BCUT2D eigenvalue weighted by Gasteiger charge is -2.22. The number of aromatic nitrogens is 2. The fourth-order valence-corrected chi connectivity index (χ4v) is 2.65. The number of nitrogens with zero attached hydrogens (tertiary/aromatic N) is 2. The van der Waals surface area contributed by atoms with Crippen LogP contribution >= 0.6 is 0 Å². The second-order valence-corrected chi connectivity index (χ2v) is 5.32. The Morgan fingerprint density at radius 1 is 1.44 bits per heavy atom. The Balaban J connectivity index is 2.01. The Labute approximate surface area is 108 Å². The van der Waals surface area contributed by atoms with Crippen molar-refractivity contribution >= 4 is 5.91 Å². The van der Waals surface area contributed by atoms with Gasteiger partial charge in [0.15, 0.2) is 0 Å². The molecule has 1 saturated carbocycles. The summed E-state index contributed by atoms with van der Waals surface area (Å²) in [5.41, 5.74) is 8.61. The average Bonchev–Trinajstić information content (AvgIpc) is 2.85. The van der Waals surface area contributed by atoms with Gasteiger partial charge in [0, 0.05) is 24.8 Å². The van der Waals surface area contributed by atoms with Crippen molar-refractivity contribution in [1.82, 2.24) is 15.1 Å². The van der Waals surface area contributed by atoms with Crippen molar-refractivity contribution in [1.29, 1.82) is 0 Å². The quantitative estimate of drug-likeness (QED) is 0.838. The molecule has 0 unspecified atom stereocenters. The molecule has 0 aliphatic heterocycles. The molecule has 18 heavy (non-hydrogen) atoms. The summed E-state index contributed by atoms with van der Waals surface area (Å²) in [4.78, 5) is 12.1. The maximum absolute atomic E-state index is 12.1. The van der Waals surface area contributed by atoms with Crippen LogP contribution in [0.25, 0.3) is 0 Å². The standard InChI is InChI=1S/C13H22N4O/c1-9-11(10(2)17(3)16-9)8-15-12(18)13(14)6-4-5-7-13/h4-8,14H2,1-3H3,(H,15,18). The normalized spacial score (nSPS) is 18.0. The molecule has 0 aromatic carbocycles. The summed E-state index contributed by atoms with van der Waals surface area (Å²) >= 11 is 0. The summed E-state index contributed by atoms with van der Waals surface area (Å²) < 4.78 is 1.84. The summed E-state index contributed by atoms with van der Waals surface area (Å²) in [7, 11) is 1.91. The van der Waals surface area contributed by atoms with E-state index in [0.717, 1.165) is 42.6 Å². The Hall–Kier alpha value is -1.36. The highest BCUT2D eigenvalue weighted by Crippen LogP contribution is 2.27. The van der Waals surface area contributed by atoms with E-state index < -0.39 is 5.54 Å². The topological polar surface area (TPSA) is 72.9 Å². The summed E-state index contributed by atoms with van der Waals surface area (Å²) in [6.45, 7) is 4.49. The molecular weight excluding hydrogens is 228 g/mol. The Bertz CT molecular complexity index is 458. The van der Waals surface area contributed by atoms with Gasteiger partial charge in [-0.3, -0.25) is 9.48 Å². The Morgan fingerprint density at radius 3 is 2.56 bits per heavy atom. The van der Waals surface area contributed by atoms with Gasteiger partial charge in [-0.2, -0.15) is 5.10 Å². The number of aryl methyl sites for hydroxylation is 2. The molecule has 0 bridgehead atoms. The number of rotatable bonds is 3. The molecule has 1 aromatic rings. The van der Waals surface area contributed by atoms with Crippen molar-refractivity contribution in [2.75, 3.05) is 0 Å². The molecule has 1 aliphatic rings. The Morgan fingerprint density at radius 2 is 2.06 bits per heavy atom. The number of carbonyl (C=O) groups excluding carboxylic acids is 1. The van der Waals surface area contributed by atoms with Crippen molar-refractivity contribution in [3.05, 3.63) is 17.0 Å². The van der Waals surface area contributed by atoms with E-state index in [1.54, 1.807) is 0 Å². The van der Waals surface area contributed by atoms with Gasteiger partial charge in [-0.1, -0.05) is 12.8 Å². The van der Waals surface area contributed by atoms with Crippen molar-refractivity contribution in [2.45, 2.75) is 51.6 Å². The predicted molar refractivity (Wildman–Crippen MR) is 69.9 cm³/mol. The Kier molecular flexibility index (Phi) is 3.43. The third-order valence-electron chi connectivity index (χ3n) is 4.03. The smallest absolute Gasteiger partial charge is 0.240 e. The van der Waals surface area contributed by atoms with E-state index in [4.69, 9.17) is 5.73 Å². The van der Waals surface area contributed by atoms with E-state index in [1.807, 2.05) is 25.6 Å². The van der Waals surface area contributed by atoms with E-state index in [-0.39, 0.29) is 5.91 Å². The molecule has 1 fully saturated rings. The summed E-state index contributed by atoms with van der Waals surface area (Å²) in [6.07, 6.45) is 3.69. The fraction of sp³-hybridized carbons (Fsp3) is 0.692. The highest BCUT2D eigenvalue weighted by atomic mass is 16.2. The van der Waals surface area contributed by atoms with Gasteiger partial charge < -0.3 is 11.1 Å². The minimum Gasteiger partial charge on any atom is -0.350 e. The van der Waals surface area contributed by atoms with Gasteiger partial charge in [0.05, 0.1) is 11.2 Å². The molecule has 0 spiro atoms. The molecule has 3 N–H and O–H groups in total. The van der Waals surface area contributed by atoms with Crippen molar-refractivity contribution in [3.8, 4) is 0 Å². The third-order valence-corrected chi connectivity index (χ3v) is 4.03. The zero-order chi connectivity index (χ0) is 13.3. The zero-order valence-corrected chi connectivity index (χ0v) is 11.4. The molecule has 1 aliphatic carbocycles. The van der Waals surface area contributed by atoms with Crippen LogP contribution in [-0.4, -0.2) is 21.2 Å². The van der Waals surface area contributed by atoms with E-state index in [9.17, 15) is 4.79 Å². The highest BCUT2D eigenvalue weighted by Gasteiger charge is 2.36. The van der Waals surface area contributed by atoms with Gasteiger partial charge in [0.1, 0.15) is 0 Å². The number of nitrogens with two attached hydrogens (primary N) is 1. The van der Waals surface area contributed by atoms with Crippen molar-refractivity contribution < 1.29 is 4.79 Å². The van der Waals surface area contributed by atoms with Crippen LogP contribution in [0.3, 0.4) is 0 Å². The van der Waals surface area contributed by atoms with Crippen LogP contribution in [0.5, 0.6) is 0 Å². The molecule has 0 saturated heterocycles. The summed E-state index contributed by atoms with van der Waals surface area (Å²) in [5, 5.41) is 7.30. The number of amides is 1. The lowest BCUT2D eigenvalue weighted by Crippen LogP contribution is -2.51. The first-order valence-corrected chi connectivity index (χ1v) is 6.50. The minimum absolute atomic E-state index is 0.0253. The van der Waals surface area contributed by atoms with E-state index >= 15 is 0 Å². The second-order valence-electron chi connectivity index (χ2n) is 5.32. The van der Waals surface area contributed by atoms with Gasteiger partial charge >= 0.3 is 0 Å². The molecule has 1 aromatic heterocycles. The lowest BCUT2D eigenvalue weighted by atomic mass is 9.98. The van der Waals surface area contributed by atoms with E-state index in [2.05, 4.69) is 10.4 Å². The number of hydrogen-bond acceptors (Lipinski definition) is 3. The van der Waals surface area contributed by atoms with Crippen LogP contribution in [0.15, 0.2) is 0 Å². The maximum atomic E-state index is 12.1. The number of carbonyl (C=O) groups is 1. The van der Waals surface area contributed by atoms with Crippen LogP contribution in [0, 0.1) is 13.8 Å². The van der Waals surface area contributed by atoms with Crippen LogP contribution < -0.4 is 11.1 Å². The average molecular weight is 250 g/mol. The lowest BCUT2D eigenvalue weighted by molar-refractivity contribution is -0.126. The van der Waals surface area contributed by atoms with Gasteiger partial charge in [0.2, 0.25) is 5.91 Å². The first-order chi connectivity index (χ1) is 8.44. The molecule has 5 heteroatoms. The molecule has 0 radical (unpaired) electrons. The van der Waals surface area contributed by atoms with Crippen LogP contribution in [0.2, 0.25) is 0 Å². The summed E-state index contributed by atoms with van der Waals surface area (Å²) in [6, 6.07) is 0. The first-order valence-electron chi connectivity index (χ1n) is 6.50. The molecule has 2 rings (SSSR count). The van der Waals surface area contributed by atoms with Crippen LogP contribution in [0.1, 0.15) is 42.6 Å². The SMILES string of the molecule is Cc1nn(C)c(C)c1CNC(=O)C1(N)CCCC1. The molecular formula is C13H22N4O. The third kappa shape index (κ3) is 2.27. The molecule has 1 amide bonds. The highest BCUT2D eigenvalue weighted by molar-refractivity contribution is 5.86. The van der Waals surface area contributed by atoms with Gasteiger partial charge in [-0.25, -0.2) is 0 Å². The van der Waals surface area contributed by atoms with E-state index in [1.165, 1.54) is 0 Å². The van der Waals surface area contributed by atoms with Crippen LogP contribution in [-0.2, 0) is 18.4 Å².